The van der Waals surface area contributed by atoms with E-state index in [0.717, 1.165) is 44.6 Å². The van der Waals surface area contributed by atoms with Crippen molar-refractivity contribution in [2.24, 2.45) is 11.3 Å². The largest absolute Gasteiger partial charge is 0.470 e. The fourth-order valence-electron chi connectivity index (χ4n) is 6.93. The summed E-state index contributed by atoms with van der Waals surface area (Å²) in [4.78, 5) is 98.7. The Morgan fingerprint density at radius 2 is 1.59 bits per heavy atom. The Hall–Kier alpha value is -5.09. The number of nitrogens with zero attached hydrogens (tertiary/aromatic N) is 5. The minimum Gasteiger partial charge on any atom is -0.470 e. The predicted octanol–water partition coefficient (Wildman–Crippen LogP) is 3.85. The molecule has 0 spiro atoms. The maximum absolute atomic E-state index is 14.7. The molecule has 0 aromatic carbocycles. The van der Waals surface area contributed by atoms with Crippen LogP contribution in [0.5, 0.6) is 5.88 Å². The Morgan fingerprint density at radius 3 is 2.17 bits per heavy atom. The number of halogens is 1. The van der Waals surface area contributed by atoms with E-state index >= 15 is 0 Å². The average molecular weight is 812 g/mol. The van der Waals surface area contributed by atoms with E-state index in [0.29, 0.717) is 19.3 Å². The molecular formula is C41H62FN9O7. The quantitative estimate of drug-likeness (QED) is 0.190. The second-order valence-corrected chi connectivity index (χ2v) is 15.4. The van der Waals surface area contributed by atoms with Crippen molar-refractivity contribution in [2.45, 2.75) is 156 Å². The first kappa shape index (κ1) is 47.3. The van der Waals surface area contributed by atoms with Gasteiger partial charge in [0.2, 0.25) is 29.3 Å². The molecule has 5 amide bonds. The minimum atomic E-state index is -1.22. The van der Waals surface area contributed by atoms with Crippen LogP contribution in [0.15, 0.2) is 31.1 Å². The highest BCUT2D eigenvalue weighted by Gasteiger charge is 2.47. The van der Waals surface area contributed by atoms with Crippen molar-refractivity contribution in [3.8, 4) is 5.88 Å². The van der Waals surface area contributed by atoms with E-state index in [4.69, 9.17) is 4.74 Å². The van der Waals surface area contributed by atoms with Crippen molar-refractivity contribution in [3.63, 3.8) is 0 Å². The number of ketones is 1. The number of Topliss-reactive ketones (excluding diaryl/α,β-unsaturated/α-hetero) is 1. The first-order chi connectivity index (χ1) is 27.8. The molecule has 0 radical (unpaired) electrons. The molecule has 4 N–H and O–H groups in total. The topological polar surface area (TPSA) is 215 Å². The van der Waals surface area contributed by atoms with Gasteiger partial charge in [-0.2, -0.15) is 9.37 Å². The molecular weight excluding hydrogens is 750 g/mol. The molecule has 3 aliphatic rings. The van der Waals surface area contributed by atoms with E-state index in [2.05, 4.69) is 41.2 Å². The van der Waals surface area contributed by atoms with Crippen molar-refractivity contribution < 1.29 is 37.9 Å². The predicted molar refractivity (Wildman–Crippen MR) is 213 cm³/mol. The van der Waals surface area contributed by atoms with E-state index in [1.807, 2.05) is 34.6 Å². The fraction of sp³-hybridized carbons (Fsp3) is 0.659. The van der Waals surface area contributed by atoms with Gasteiger partial charge >= 0.3 is 0 Å². The number of ether oxygens (including phenoxy) is 1. The Morgan fingerprint density at radius 1 is 0.897 bits per heavy atom. The van der Waals surface area contributed by atoms with Crippen LogP contribution in [0.25, 0.3) is 0 Å². The molecule has 5 atom stereocenters. The molecule has 0 bridgehead atoms. The summed E-state index contributed by atoms with van der Waals surface area (Å²) in [6.45, 7) is 14.9. The first-order valence-electron chi connectivity index (χ1n) is 20.7. The highest BCUT2D eigenvalue weighted by atomic mass is 19.1. The molecule has 1 saturated heterocycles. The van der Waals surface area contributed by atoms with Gasteiger partial charge in [0.25, 0.3) is 17.7 Å². The molecule has 2 aliphatic carbocycles. The Bertz CT molecular complexity index is 1680. The van der Waals surface area contributed by atoms with Gasteiger partial charge in [-0.3, -0.25) is 33.8 Å². The van der Waals surface area contributed by atoms with Crippen LogP contribution < -0.4 is 26.0 Å². The van der Waals surface area contributed by atoms with Crippen molar-refractivity contribution in [1.29, 1.82) is 0 Å². The highest BCUT2D eigenvalue weighted by molar-refractivity contribution is 6.38. The standard InChI is InChI=1S/C37H50FN9O7.2C2H6/c1-5-9-25(29(48)34(52)43-22-12-13-22)44-32(50)27-16-23(54-35-24(38)17-40-20-42-35)19-47(27)36(53)30(37(2,3)4)46-33(51)28(21-10-7-6-8-11-21)45-31(49)26-18-39-14-15-41-26;2*1-2/h14-15,17-18,20-23,25,27-28,30H,5-13,16,19H2,1-4H3,(H,43,52)(H,44,50)(H,45,49)(H,46,51);2*1-2H3/t23-,25?,27+,28?,30?;;/m0../s1. The van der Waals surface area contributed by atoms with Gasteiger partial charge in [0.05, 0.1) is 25.0 Å². The molecule has 16 nitrogen and oxygen atoms in total. The zero-order valence-electron chi connectivity index (χ0n) is 35.2. The molecule has 3 heterocycles. The van der Waals surface area contributed by atoms with Gasteiger partial charge in [0.1, 0.15) is 36.3 Å². The van der Waals surface area contributed by atoms with E-state index in [1.165, 1.54) is 23.5 Å². The molecule has 1 aliphatic heterocycles. The third-order valence-electron chi connectivity index (χ3n) is 9.99. The number of hydrogen-bond acceptors (Lipinski definition) is 11. The lowest BCUT2D eigenvalue weighted by Crippen LogP contribution is -2.62. The Labute approximate surface area is 341 Å². The van der Waals surface area contributed by atoms with Gasteiger partial charge in [0, 0.05) is 24.9 Å². The van der Waals surface area contributed by atoms with Crippen molar-refractivity contribution in [1.82, 2.24) is 46.1 Å². The van der Waals surface area contributed by atoms with Crippen molar-refractivity contribution in [2.75, 3.05) is 6.54 Å². The second kappa shape index (κ2) is 22.7. The number of carbonyl (C=O) groups is 6. The summed E-state index contributed by atoms with van der Waals surface area (Å²) in [5.74, 6) is -5.47. The highest BCUT2D eigenvalue weighted by Crippen LogP contribution is 2.31. The molecule has 58 heavy (non-hydrogen) atoms. The summed E-state index contributed by atoms with van der Waals surface area (Å²) in [5, 5.41) is 11.1. The summed E-state index contributed by atoms with van der Waals surface area (Å²) >= 11 is 0. The van der Waals surface area contributed by atoms with Gasteiger partial charge < -0.3 is 30.9 Å². The van der Waals surface area contributed by atoms with Gasteiger partial charge in [-0.1, -0.05) is 81.1 Å². The lowest BCUT2D eigenvalue weighted by molar-refractivity contribution is -0.145. The summed E-state index contributed by atoms with van der Waals surface area (Å²) in [5.41, 5.74) is -0.865. The zero-order valence-corrected chi connectivity index (χ0v) is 35.2. The lowest BCUT2D eigenvalue weighted by Gasteiger charge is -2.37. The van der Waals surface area contributed by atoms with E-state index in [1.54, 1.807) is 20.8 Å². The number of likely N-dealkylation sites (tertiary alicyclic amines) is 1. The van der Waals surface area contributed by atoms with Crippen LogP contribution in [-0.2, 0) is 24.0 Å². The molecule has 2 aromatic rings. The molecule has 3 fully saturated rings. The van der Waals surface area contributed by atoms with Crippen molar-refractivity contribution >= 4 is 35.3 Å². The number of rotatable bonds is 15. The van der Waals surface area contributed by atoms with Crippen LogP contribution in [0.1, 0.15) is 130 Å². The molecule has 5 rings (SSSR count). The van der Waals surface area contributed by atoms with Crippen LogP contribution >= 0.6 is 0 Å². The summed E-state index contributed by atoms with van der Waals surface area (Å²) in [6.07, 6.45) is 11.5. The van der Waals surface area contributed by atoms with Crippen LogP contribution in [-0.4, -0.2) is 103 Å². The monoisotopic (exact) mass is 811 g/mol. The normalized spacial score (nSPS) is 19.4. The van der Waals surface area contributed by atoms with Gasteiger partial charge in [-0.15, -0.1) is 0 Å². The molecule has 17 heteroatoms. The van der Waals surface area contributed by atoms with Crippen LogP contribution in [0.2, 0.25) is 0 Å². The lowest BCUT2D eigenvalue weighted by atomic mass is 9.82. The third-order valence-corrected chi connectivity index (χ3v) is 9.99. The third kappa shape index (κ3) is 13.2. The number of aromatic nitrogens is 4. The second-order valence-electron chi connectivity index (χ2n) is 15.4. The van der Waals surface area contributed by atoms with E-state index < -0.39 is 76.8 Å². The SMILES string of the molecule is CC.CC.CCCC(NC(=O)[C@H]1C[C@H](Oc2ncncc2F)CN1C(=O)C(NC(=O)C(NC(=O)c1cnccn1)C1CCCCC1)C(C)(C)C)C(=O)C(=O)NC1CC1. The number of amides is 5. The summed E-state index contributed by atoms with van der Waals surface area (Å²) in [6, 6.07) is -4.63. The van der Waals surface area contributed by atoms with Crippen LogP contribution in [0.3, 0.4) is 0 Å². The van der Waals surface area contributed by atoms with Gasteiger partial charge in [-0.25, -0.2) is 9.97 Å². The van der Waals surface area contributed by atoms with Crippen LogP contribution in [0.4, 0.5) is 4.39 Å². The van der Waals surface area contributed by atoms with Crippen LogP contribution in [0, 0.1) is 17.2 Å². The summed E-state index contributed by atoms with van der Waals surface area (Å²) in [7, 11) is 0. The van der Waals surface area contributed by atoms with E-state index in [-0.39, 0.29) is 42.9 Å². The first-order valence-corrected chi connectivity index (χ1v) is 20.7. The zero-order chi connectivity index (χ0) is 43.0. The fourth-order valence-corrected chi connectivity index (χ4v) is 6.93. The molecule has 3 unspecified atom stereocenters. The Balaban J connectivity index is 0.00000218. The van der Waals surface area contributed by atoms with E-state index in [9.17, 15) is 33.2 Å². The maximum Gasteiger partial charge on any atom is 0.289 e. The Kier molecular flexibility index (Phi) is 18.5. The molecule has 320 valence electrons. The minimum absolute atomic E-state index is 0.0384. The van der Waals surface area contributed by atoms with Crippen molar-refractivity contribution in [3.05, 3.63) is 42.6 Å². The maximum atomic E-state index is 14.7. The number of nitrogens with one attached hydrogen (secondary N) is 4. The van der Waals surface area contributed by atoms with Gasteiger partial charge in [0.15, 0.2) is 0 Å². The number of carbonyl (C=O) groups excluding carboxylic acids is 6. The summed E-state index contributed by atoms with van der Waals surface area (Å²) < 4.78 is 20.4. The molecule has 2 saturated carbocycles. The average Bonchev–Trinajstić information content (AvgIpc) is 3.95. The number of hydrogen-bond donors (Lipinski definition) is 4. The molecule has 2 aromatic heterocycles. The smallest absolute Gasteiger partial charge is 0.289 e. The van der Waals surface area contributed by atoms with Gasteiger partial charge in [-0.05, 0) is 43.4 Å².